The van der Waals surface area contributed by atoms with Gasteiger partial charge in [-0.05, 0) is 37.6 Å². The SMILES string of the molecule is Cc1nc(SCc2cc(N)cc(F)c2)oc1C. The molecule has 0 radical (unpaired) electrons. The number of hydrogen-bond donors (Lipinski definition) is 1. The standard InChI is InChI=1S/C12H13FN2OS/c1-7-8(2)16-12(15-7)17-6-9-3-10(13)5-11(14)4-9/h3-5H,6,14H2,1-2H3. The highest BCUT2D eigenvalue weighted by Crippen LogP contribution is 2.25. The number of nitrogen functional groups attached to an aromatic ring is 1. The first-order valence-corrected chi connectivity index (χ1v) is 6.15. The van der Waals surface area contributed by atoms with Crippen molar-refractivity contribution < 1.29 is 8.81 Å². The number of oxazole rings is 1. The first-order valence-electron chi connectivity index (χ1n) is 5.16. The van der Waals surface area contributed by atoms with Gasteiger partial charge in [-0.15, -0.1) is 0 Å². The molecule has 0 aliphatic rings. The highest BCUT2D eigenvalue weighted by atomic mass is 32.2. The molecule has 0 aliphatic carbocycles. The van der Waals surface area contributed by atoms with E-state index in [1.165, 1.54) is 23.9 Å². The van der Waals surface area contributed by atoms with E-state index in [0.29, 0.717) is 16.7 Å². The lowest BCUT2D eigenvalue weighted by molar-refractivity contribution is 0.431. The Morgan fingerprint density at radius 1 is 1.35 bits per heavy atom. The summed E-state index contributed by atoms with van der Waals surface area (Å²) in [5.74, 6) is 1.08. The molecule has 0 atom stereocenters. The number of rotatable bonds is 3. The van der Waals surface area contributed by atoms with Crippen LogP contribution < -0.4 is 5.73 Å². The minimum Gasteiger partial charge on any atom is -0.437 e. The molecular weight excluding hydrogens is 239 g/mol. The molecule has 2 rings (SSSR count). The molecule has 5 heteroatoms. The van der Waals surface area contributed by atoms with Crippen LogP contribution in [0.4, 0.5) is 10.1 Å². The summed E-state index contributed by atoms with van der Waals surface area (Å²) in [6, 6.07) is 4.51. The number of benzene rings is 1. The van der Waals surface area contributed by atoms with Crippen LogP contribution in [0.15, 0.2) is 27.8 Å². The van der Waals surface area contributed by atoms with Crippen LogP contribution in [0.2, 0.25) is 0 Å². The molecule has 2 aromatic rings. The Hall–Kier alpha value is -1.49. The normalized spacial score (nSPS) is 10.8. The maximum Gasteiger partial charge on any atom is 0.256 e. The summed E-state index contributed by atoms with van der Waals surface area (Å²) in [5.41, 5.74) is 7.70. The van der Waals surface area contributed by atoms with E-state index in [1.54, 1.807) is 6.07 Å². The molecule has 0 fully saturated rings. The third kappa shape index (κ3) is 3.00. The van der Waals surface area contributed by atoms with E-state index in [1.807, 2.05) is 13.8 Å². The van der Waals surface area contributed by atoms with E-state index in [-0.39, 0.29) is 5.82 Å². The average molecular weight is 252 g/mol. The van der Waals surface area contributed by atoms with Gasteiger partial charge in [-0.2, -0.15) is 0 Å². The minimum absolute atomic E-state index is 0.319. The number of anilines is 1. The first-order chi connectivity index (χ1) is 8.04. The molecule has 0 saturated heterocycles. The summed E-state index contributed by atoms with van der Waals surface area (Å²) in [6.45, 7) is 3.76. The quantitative estimate of drug-likeness (QED) is 0.672. The van der Waals surface area contributed by atoms with Crippen LogP contribution in [0.3, 0.4) is 0 Å². The fraction of sp³-hybridized carbons (Fsp3) is 0.250. The summed E-state index contributed by atoms with van der Waals surface area (Å²) in [7, 11) is 0. The van der Waals surface area contributed by atoms with Crippen molar-refractivity contribution in [3.63, 3.8) is 0 Å². The molecule has 2 N–H and O–H groups in total. The van der Waals surface area contributed by atoms with E-state index in [9.17, 15) is 4.39 Å². The van der Waals surface area contributed by atoms with Crippen LogP contribution in [-0.4, -0.2) is 4.98 Å². The molecule has 0 spiro atoms. The smallest absolute Gasteiger partial charge is 0.256 e. The van der Waals surface area contributed by atoms with Crippen LogP contribution in [0.1, 0.15) is 17.0 Å². The monoisotopic (exact) mass is 252 g/mol. The van der Waals surface area contributed by atoms with Crippen molar-refractivity contribution in [1.29, 1.82) is 0 Å². The van der Waals surface area contributed by atoms with Crippen LogP contribution in [0, 0.1) is 19.7 Å². The number of thioether (sulfide) groups is 1. The van der Waals surface area contributed by atoms with E-state index in [2.05, 4.69) is 4.98 Å². The van der Waals surface area contributed by atoms with Crippen molar-refractivity contribution in [2.45, 2.75) is 24.8 Å². The van der Waals surface area contributed by atoms with E-state index >= 15 is 0 Å². The molecule has 90 valence electrons. The Labute approximate surface area is 103 Å². The van der Waals surface area contributed by atoms with E-state index < -0.39 is 0 Å². The third-order valence-electron chi connectivity index (χ3n) is 2.35. The zero-order valence-corrected chi connectivity index (χ0v) is 10.5. The Kier molecular flexibility index (Phi) is 3.38. The second-order valence-corrected chi connectivity index (χ2v) is 4.73. The van der Waals surface area contributed by atoms with Crippen molar-refractivity contribution in [2.75, 3.05) is 5.73 Å². The van der Waals surface area contributed by atoms with Crippen molar-refractivity contribution in [3.8, 4) is 0 Å². The summed E-state index contributed by atoms with van der Waals surface area (Å²) >= 11 is 1.43. The van der Waals surface area contributed by atoms with Crippen molar-refractivity contribution >= 4 is 17.4 Å². The second-order valence-electron chi connectivity index (χ2n) is 3.80. The fourth-order valence-corrected chi connectivity index (χ4v) is 2.25. The molecule has 1 heterocycles. The molecular formula is C12H13FN2OS. The van der Waals surface area contributed by atoms with Gasteiger partial charge in [-0.25, -0.2) is 9.37 Å². The van der Waals surface area contributed by atoms with Crippen molar-refractivity contribution in [3.05, 3.63) is 41.0 Å². The predicted octanol–water partition coefficient (Wildman–Crippen LogP) is 3.31. The van der Waals surface area contributed by atoms with Crippen molar-refractivity contribution in [2.24, 2.45) is 0 Å². The largest absolute Gasteiger partial charge is 0.437 e. The molecule has 0 amide bonds. The summed E-state index contributed by atoms with van der Waals surface area (Å²) in [6.07, 6.45) is 0. The van der Waals surface area contributed by atoms with Gasteiger partial charge in [0.2, 0.25) is 0 Å². The molecule has 1 aromatic carbocycles. The molecule has 0 bridgehead atoms. The maximum atomic E-state index is 13.1. The first kappa shape index (κ1) is 12.0. The zero-order chi connectivity index (χ0) is 12.4. The van der Waals surface area contributed by atoms with Crippen LogP contribution in [0.25, 0.3) is 0 Å². The number of halogens is 1. The molecule has 0 aliphatic heterocycles. The average Bonchev–Trinajstić information content (AvgIpc) is 2.54. The highest BCUT2D eigenvalue weighted by molar-refractivity contribution is 7.98. The van der Waals surface area contributed by atoms with Gasteiger partial charge in [0, 0.05) is 11.4 Å². The predicted molar refractivity (Wildman–Crippen MR) is 66.4 cm³/mol. The number of hydrogen-bond acceptors (Lipinski definition) is 4. The molecule has 3 nitrogen and oxygen atoms in total. The number of nitrogens with two attached hydrogens (primary N) is 1. The molecule has 0 unspecified atom stereocenters. The summed E-state index contributed by atoms with van der Waals surface area (Å²) in [5, 5.41) is 0.600. The van der Waals surface area contributed by atoms with E-state index in [0.717, 1.165) is 17.0 Å². The maximum absolute atomic E-state index is 13.1. The number of aryl methyl sites for hydroxylation is 2. The number of aromatic nitrogens is 1. The van der Waals surface area contributed by atoms with Gasteiger partial charge in [-0.1, -0.05) is 11.8 Å². The van der Waals surface area contributed by atoms with Gasteiger partial charge in [0.15, 0.2) is 0 Å². The third-order valence-corrected chi connectivity index (χ3v) is 3.25. The summed E-state index contributed by atoms with van der Waals surface area (Å²) in [4.78, 5) is 4.24. The highest BCUT2D eigenvalue weighted by Gasteiger charge is 2.07. The van der Waals surface area contributed by atoms with Gasteiger partial charge in [0.05, 0.1) is 5.69 Å². The fourth-order valence-electron chi connectivity index (χ4n) is 1.41. The molecule has 0 saturated carbocycles. The van der Waals surface area contributed by atoms with Crippen LogP contribution in [-0.2, 0) is 5.75 Å². The lowest BCUT2D eigenvalue weighted by atomic mass is 10.2. The van der Waals surface area contributed by atoms with Gasteiger partial charge in [0.25, 0.3) is 5.22 Å². The molecule has 1 aromatic heterocycles. The topological polar surface area (TPSA) is 52.0 Å². The van der Waals surface area contributed by atoms with Gasteiger partial charge >= 0.3 is 0 Å². The van der Waals surface area contributed by atoms with Crippen molar-refractivity contribution in [1.82, 2.24) is 4.98 Å². The zero-order valence-electron chi connectivity index (χ0n) is 9.66. The minimum atomic E-state index is -0.319. The second kappa shape index (κ2) is 4.79. The number of nitrogens with zero attached hydrogens (tertiary/aromatic N) is 1. The molecule has 17 heavy (non-hydrogen) atoms. The van der Waals surface area contributed by atoms with Crippen LogP contribution >= 0.6 is 11.8 Å². The Balaban J connectivity index is 2.07. The van der Waals surface area contributed by atoms with Crippen LogP contribution in [0.5, 0.6) is 0 Å². The van der Waals surface area contributed by atoms with Gasteiger partial charge < -0.3 is 10.2 Å². The van der Waals surface area contributed by atoms with Gasteiger partial charge in [0.1, 0.15) is 11.6 Å². The summed E-state index contributed by atoms with van der Waals surface area (Å²) < 4.78 is 18.5. The lowest BCUT2D eigenvalue weighted by Gasteiger charge is -2.01. The Morgan fingerprint density at radius 3 is 2.71 bits per heavy atom. The van der Waals surface area contributed by atoms with Gasteiger partial charge in [-0.3, -0.25) is 0 Å². The van der Waals surface area contributed by atoms with E-state index in [4.69, 9.17) is 10.2 Å². The Morgan fingerprint density at radius 2 is 2.12 bits per heavy atom. The lowest BCUT2D eigenvalue weighted by Crippen LogP contribution is -1.90. The Bertz CT molecular complexity index is 500.